The molecule has 1 aliphatic rings. The number of hydrogen-bond acceptors (Lipinski definition) is 5. The fourth-order valence-electron chi connectivity index (χ4n) is 1.44. The van der Waals surface area contributed by atoms with Gasteiger partial charge in [0.15, 0.2) is 5.44 Å². The highest BCUT2D eigenvalue weighted by atomic mass is 32.2. The molecule has 0 spiro atoms. The van der Waals surface area contributed by atoms with Gasteiger partial charge in [-0.15, -0.1) is 11.8 Å². The molecule has 2 rings (SSSR count). The summed E-state index contributed by atoms with van der Waals surface area (Å²) in [6.45, 7) is 0. The lowest BCUT2D eigenvalue weighted by molar-refractivity contribution is -0.137. The molecule has 1 unspecified atom stereocenters. The largest absolute Gasteiger partial charge is 0.468 e. The van der Waals surface area contributed by atoms with Crippen molar-refractivity contribution in [3.63, 3.8) is 0 Å². The van der Waals surface area contributed by atoms with Crippen molar-refractivity contribution in [1.82, 2.24) is 0 Å². The van der Waals surface area contributed by atoms with E-state index in [1.807, 2.05) is 12.1 Å². The average molecular weight is 238 g/mol. The Bertz CT molecular complexity index is 430. The molecule has 0 saturated carbocycles. The van der Waals surface area contributed by atoms with E-state index in [-0.39, 0.29) is 17.7 Å². The van der Waals surface area contributed by atoms with Crippen LogP contribution in [0.4, 0.5) is 0 Å². The molecule has 0 aromatic heterocycles. The first-order valence-electron chi connectivity index (χ1n) is 4.70. The second-order valence-electron chi connectivity index (χ2n) is 3.21. The summed E-state index contributed by atoms with van der Waals surface area (Å²) in [7, 11) is 1.33. The molecule has 16 heavy (non-hydrogen) atoms. The summed E-state index contributed by atoms with van der Waals surface area (Å²) >= 11 is 1.25. The predicted molar refractivity (Wildman–Crippen MR) is 59.1 cm³/mol. The number of rotatable bonds is 3. The monoisotopic (exact) mass is 238 g/mol. The topological polar surface area (TPSA) is 52.6 Å². The van der Waals surface area contributed by atoms with Crippen molar-refractivity contribution >= 4 is 23.7 Å². The summed E-state index contributed by atoms with van der Waals surface area (Å²) in [5.41, 5.74) is 0.995. The zero-order valence-electron chi connectivity index (χ0n) is 8.64. The van der Waals surface area contributed by atoms with E-state index in [9.17, 15) is 9.59 Å². The minimum absolute atomic E-state index is 0.169. The van der Waals surface area contributed by atoms with E-state index in [2.05, 4.69) is 4.74 Å². The molecule has 0 N–H and O–H groups in total. The maximum Gasteiger partial charge on any atom is 0.340 e. The summed E-state index contributed by atoms with van der Waals surface area (Å²) < 4.78 is 9.67. The summed E-state index contributed by atoms with van der Waals surface area (Å²) in [5.74, 6) is -0.494. The van der Waals surface area contributed by atoms with Crippen LogP contribution in [0, 0.1) is 0 Å². The summed E-state index contributed by atoms with van der Waals surface area (Å²) in [4.78, 5) is 22.4. The number of carbonyl (C=O) groups is 2. The molecule has 0 fully saturated rings. The number of methoxy groups -OCH3 is 1. The molecule has 0 bridgehead atoms. The van der Waals surface area contributed by atoms with Crippen molar-refractivity contribution in [2.24, 2.45) is 0 Å². The van der Waals surface area contributed by atoms with Gasteiger partial charge in [-0.3, -0.25) is 4.79 Å². The van der Waals surface area contributed by atoms with Gasteiger partial charge in [0.2, 0.25) is 0 Å². The zero-order valence-corrected chi connectivity index (χ0v) is 9.45. The number of fused-ring (bicyclic) bond motifs is 1. The van der Waals surface area contributed by atoms with Crippen molar-refractivity contribution in [1.29, 1.82) is 0 Å². The SMILES string of the molecule is COC(=O)CSC1OC(=O)c2ccccc21. The van der Waals surface area contributed by atoms with E-state index in [1.165, 1.54) is 18.9 Å². The second-order valence-corrected chi connectivity index (χ2v) is 4.26. The first kappa shape index (κ1) is 11.0. The van der Waals surface area contributed by atoms with Crippen molar-refractivity contribution in [2.75, 3.05) is 12.9 Å². The van der Waals surface area contributed by atoms with Crippen molar-refractivity contribution < 1.29 is 19.1 Å². The molecule has 1 aromatic rings. The van der Waals surface area contributed by atoms with E-state index in [0.717, 1.165) is 5.56 Å². The van der Waals surface area contributed by atoms with Gasteiger partial charge in [0, 0.05) is 5.56 Å². The number of cyclic esters (lactones) is 1. The quantitative estimate of drug-likeness (QED) is 0.751. The highest BCUT2D eigenvalue weighted by Gasteiger charge is 2.31. The van der Waals surface area contributed by atoms with E-state index in [0.29, 0.717) is 5.56 Å². The zero-order chi connectivity index (χ0) is 11.5. The molecular formula is C11H10O4S. The predicted octanol–water partition coefficient (Wildman–Crippen LogP) is 1.76. The smallest absolute Gasteiger partial charge is 0.340 e. The maximum atomic E-state index is 11.4. The van der Waals surface area contributed by atoms with Crippen LogP contribution in [0.3, 0.4) is 0 Å². The van der Waals surface area contributed by atoms with Crippen LogP contribution in [0.2, 0.25) is 0 Å². The Labute approximate surface area is 96.9 Å². The van der Waals surface area contributed by atoms with Gasteiger partial charge in [-0.05, 0) is 6.07 Å². The molecule has 1 heterocycles. The second kappa shape index (κ2) is 4.57. The van der Waals surface area contributed by atoms with E-state index >= 15 is 0 Å². The lowest BCUT2D eigenvalue weighted by atomic mass is 10.1. The van der Waals surface area contributed by atoms with Gasteiger partial charge in [-0.25, -0.2) is 4.79 Å². The molecule has 0 radical (unpaired) electrons. The number of hydrogen-bond donors (Lipinski definition) is 0. The molecule has 0 saturated heterocycles. The van der Waals surface area contributed by atoms with Gasteiger partial charge in [0.05, 0.1) is 18.4 Å². The van der Waals surface area contributed by atoms with Crippen LogP contribution >= 0.6 is 11.8 Å². The number of esters is 2. The molecule has 0 amide bonds. The van der Waals surface area contributed by atoms with Crippen LogP contribution in [0.15, 0.2) is 24.3 Å². The minimum atomic E-state index is -0.400. The molecule has 4 nitrogen and oxygen atoms in total. The molecule has 5 heteroatoms. The molecule has 1 aliphatic heterocycles. The number of thioether (sulfide) groups is 1. The third kappa shape index (κ3) is 2.04. The normalized spacial score (nSPS) is 17.8. The molecule has 1 aromatic carbocycles. The summed E-state index contributed by atoms with van der Waals surface area (Å²) in [6.07, 6.45) is 0. The lowest BCUT2D eigenvalue weighted by Crippen LogP contribution is -2.05. The van der Waals surface area contributed by atoms with E-state index < -0.39 is 5.44 Å². The van der Waals surface area contributed by atoms with E-state index in [1.54, 1.807) is 12.1 Å². The Kier molecular flexibility index (Phi) is 3.14. The van der Waals surface area contributed by atoms with Gasteiger partial charge in [-0.2, -0.15) is 0 Å². The van der Waals surface area contributed by atoms with Gasteiger partial charge in [-0.1, -0.05) is 18.2 Å². The fourth-order valence-corrected chi connectivity index (χ4v) is 2.38. The molecule has 0 aliphatic carbocycles. The third-order valence-corrected chi connectivity index (χ3v) is 3.28. The standard InChI is InChI=1S/C11H10O4S/c1-14-9(12)6-16-11-8-5-3-2-4-7(8)10(13)15-11/h2-5,11H,6H2,1H3. The van der Waals surface area contributed by atoms with Crippen molar-refractivity contribution in [3.8, 4) is 0 Å². The lowest BCUT2D eigenvalue weighted by Gasteiger charge is -2.08. The average Bonchev–Trinajstić information content (AvgIpc) is 2.64. The van der Waals surface area contributed by atoms with Crippen molar-refractivity contribution in [2.45, 2.75) is 5.44 Å². The molecule has 1 atom stereocenters. The van der Waals surface area contributed by atoms with Crippen LogP contribution in [0.1, 0.15) is 21.4 Å². The van der Waals surface area contributed by atoms with E-state index in [4.69, 9.17) is 4.74 Å². The van der Waals surface area contributed by atoms with Crippen LogP contribution in [0.5, 0.6) is 0 Å². The minimum Gasteiger partial charge on any atom is -0.468 e. The Morgan fingerprint density at radius 3 is 3.00 bits per heavy atom. The Hall–Kier alpha value is -1.49. The van der Waals surface area contributed by atoms with Crippen molar-refractivity contribution in [3.05, 3.63) is 35.4 Å². The highest BCUT2D eigenvalue weighted by Crippen LogP contribution is 2.38. The van der Waals surface area contributed by atoms with Crippen LogP contribution in [-0.4, -0.2) is 24.8 Å². The fraction of sp³-hybridized carbons (Fsp3) is 0.273. The maximum absolute atomic E-state index is 11.4. The van der Waals surface area contributed by atoms with Gasteiger partial charge in [0.1, 0.15) is 0 Å². The van der Waals surface area contributed by atoms with Gasteiger partial charge in [0.25, 0.3) is 0 Å². The number of ether oxygens (including phenoxy) is 2. The highest BCUT2D eigenvalue weighted by molar-refractivity contribution is 8.00. The van der Waals surface area contributed by atoms with Gasteiger partial charge >= 0.3 is 11.9 Å². The van der Waals surface area contributed by atoms with Crippen LogP contribution in [-0.2, 0) is 14.3 Å². The Morgan fingerprint density at radius 2 is 2.25 bits per heavy atom. The number of carbonyl (C=O) groups excluding carboxylic acids is 2. The molecule has 84 valence electrons. The van der Waals surface area contributed by atoms with Crippen LogP contribution in [0.25, 0.3) is 0 Å². The first-order chi connectivity index (χ1) is 7.72. The van der Waals surface area contributed by atoms with Gasteiger partial charge < -0.3 is 9.47 Å². The third-order valence-electron chi connectivity index (χ3n) is 2.23. The first-order valence-corrected chi connectivity index (χ1v) is 5.75. The summed E-state index contributed by atoms with van der Waals surface area (Å²) in [6, 6.07) is 7.17. The Morgan fingerprint density at radius 1 is 1.50 bits per heavy atom. The Balaban J connectivity index is 2.09. The summed E-state index contributed by atoms with van der Waals surface area (Å²) in [5, 5.41) is 0. The van der Waals surface area contributed by atoms with Crippen LogP contribution < -0.4 is 0 Å². The number of benzene rings is 1. The molecular weight excluding hydrogens is 228 g/mol.